The third kappa shape index (κ3) is 5.14. The average Bonchev–Trinajstić information content (AvgIpc) is 2.63. The number of nitrogens with one attached hydrogen (secondary N) is 2. The Morgan fingerprint density at radius 3 is 2.15 bits per heavy atom. The fourth-order valence-electron chi connectivity index (χ4n) is 2.38. The normalized spacial score (nSPS) is 10.0. The molecule has 0 aliphatic heterocycles. The second kappa shape index (κ2) is 8.75. The zero-order chi connectivity index (χ0) is 19.1. The van der Waals surface area contributed by atoms with Gasteiger partial charge in [-0.25, -0.2) is 0 Å². The number of carbonyl (C=O) groups is 2. The molecule has 0 aliphatic rings. The van der Waals surface area contributed by atoms with Crippen LogP contribution in [0.3, 0.4) is 0 Å². The van der Waals surface area contributed by atoms with Gasteiger partial charge in [-0.15, -0.1) is 0 Å². The van der Waals surface area contributed by atoms with Crippen molar-refractivity contribution in [3.63, 3.8) is 0 Å². The molecule has 0 spiro atoms. The lowest BCUT2D eigenvalue weighted by Gasteiger charge is -2.11. The topological polar surface area (TPSA) is 85.9 Å². The number of rotatable bonds is 6. The van der Waals surface area contributed by atoms with Crippen LogP contribution in [0.4, 0.5) is 0 Å². The minimum atomic E-state index is -0.481. The Morgan fingerprint density at radius 1 is 0.885 bits per heavy atom. The highest BCUT2D eigenvalue weighted by molar-refractivity contribution is 5.96. The average molecular weight is 358 g/mol. The van der Waals surface area contributed by atoms with E-state index in [0.717, 1.165) is 11.1 Å². The molecule has 2 amide bonds. The minimum absolute atomic E-state index is 0.213. The molecule has 0 saturated carbocycles. The van der Waals surface area contributed by atoms with Crippen molar-refractivity contribution >= 4 is 11.8 Å². The van der Waals surface area contributed by atoms with Gasteiger partial charge in [0, 0.05) is 5.56 Å². The second-order valence-electron chi connectivity index (χ2n) is 5.68. The van der Waals surface area contributed by atoms with Crippen molar-refractivity contribution < 1.29 is 23.8 Å². The number of hydrogen-bond donors (Lipinski definition) is 2. The lowest BCUT2D eigenvalue weighted by atomic mass is 10.1. The van der Waals surface area contributed by atoms with Crippen LogP contribution in [0.2, 0.25) is 0 Å². The van der Waals surface area contributed by atoms with E-state index >= 15 is 0 Å². The van der Waals surface area contributed by atoms with E-state index in [4.69, 9.17) is 14.2 Å². The van der Waals surface area contributed by atoms with Gasteiger partial charge in [-0.05, 0) is 55.3 Å². The second-order valence-corrected chi connectivity index (χ2v) is 5.68. The van der Waals surface area contributed by atoms with Crippen molar-refractivity contribution in [2.75, 3.05) is 20.8 Å². The van der Waals surface area contributed by atoms with E-state index < -0.39 is 11.8 Å². The Bertz CT molecular complexity index is 784. The summed E-state index contributed by atoms with van der Waals surface area (Å²) >= 11 is 0. The summed E-state index contributed by atoms with van der Waals surface area (Å²) in [5.74, 6) is 0.576. The number of carbonyl (C=O) groups excluding carboxylic acids is 2. The third-order valence-corrected chi connectivity index (χ3v) is 3.53. The van der Waals surface area contributed by atoms with E-state index in [1.807, 2.05) is 32.0 Å². The van der Waals surface area contributed by atoms with Crippen LogP contribution in [0.1, 0.15) is 21.5 Å². The molecule has 0 saturated heterocycles. The molecule has 0 radical (unpaired) electrons. The molecule has 2 aromatic rings. The molecule has 0 unspecified atom stereocenters. The van der Waals surface area contributed by atoms with Gasteiger partial charge in [0.1, 0.15) is 5.75 Å². The van der Waals surface area contributed by atoms with E-state index in [9.17, 15) is 9.59 Å². The first kappa shape index (κ1) is 19.1. The zero-order valence-corrected chi connectivity index (χ0v) is 15.2. The van der Waals surface area contributed by atoms with Gasteiger partial charge in [-0.1, -0.05) is 6.07 Å². The smallest absolute Gasteiger partial charge is 0.276 e. The number of methoxy groups -OCH3 is 2. The third-order valence-electron chi connectivity index (χ3n) is 3.53. The molecule has 2 aromatic carbocycles. The Labute approximate surface area is 152 Å². The van der Waals surface area contributed by atoms with Crippen molar-refractivity contribution in [1.82, 2.24) is 10.9 Å². The van der Waals surface area contributed by atoms with Gasteiger partial charge in [0.25, 0.3) is 11.8 Å². The van der Waals surface area contributed by atoms with E-state index in [1.165, 1.54) is 20.3 Å². The van der Waals surface area contributed by atoms with E-state index in [-0.39, 0.29) is 6.61 Å². The summed E-state index contributed by atoms with van der Waals surface area (Å²) in [6, 6.07) is 10.4. The van der Waals surface area contributed by atoms with Gasteiger partial charge >= 0.3 is 0 Å². The van der Waals surface area contributed by atoms with Gasteiger partial charge in [-0.3, -0.25) is 20.4 Å². The van der Waals surface area contributed by atoms with Crippen LogP contribution in [0.25, 0.3) is 0 Å². The molecule has 138 valence electrons. The molecule has 0 aromatic heterocycles. The first-order valence-corrected chi connectivity index (χ1v) is 7.95. The van der Waals surface area contributed by atoms with Crippen molar-refractivity contribution in [2.45, 2.75) is 13.8 Å². The summed E-state index contributed by atoms with van der Waals surface area (Å²) in [5, 5.41) is 0. The lowest BCUT2D eigenvalue weighted by molar-refractivity contribution is -0.123. The van der Waals surface area contributed by atoms with Crippen molar-refractivity contribution in [1.29, 1.82) is 0 Å². The molecular formula is C19H22N2O5. The Morgan fingerprint density at radius 2 is 1.54 bits per heavy atom. The number of hydrogen-bond acceptors (Lipinski definition) is 5. The van der Waals surface area contributed by atoms with Gasteiger partial charge < -0.3 is 14.2 Å². The monoisotopic (exact) mass is 358 g/mol. The minimum Gasteiger partial charge on any atom is -0.493 e. The highest BCUT2D eigenvalue weighted by Crippen LogP contribution is 2.27. The summed E-state index contributed by atoms with van der Waals surface area (Å²) in [5.41, 5.74) is 7.05. The molecule has 0 heterocycles. The number of benzene rings is 2. The van der Waals surface area contributed by atoms with Crippen molar-refractivity contribution in [2.24, 2.45) is 0 Å². The van der Waals surface area contributed by atoms with Crippen molar-refractivity contribution in [3.05, 3.63) is 53.1 Å². The zero-order valence-electron chi connectivity index (χ0n) is 15.2. The molecule has 0 atom stereocenters. The molecule has 7 nitrogen and oxygen atoms in total. The number of ether oxygens (including phenoxy) is 3. The summed E-state index contributed by atoms with van der Waals surface area (Å²) in [4.78, 5) is 24.0. The van der Waals surface area contributed by atoms with Crippen LogP contribution in [0.5, 0.6) is 17.2 Å². The van der Waals surface area contributed by atoms with Gasteiger partial charge in [0.2, 0.25) is 0 Å². The van der Waals surface area contributed by atoms with Crippen LogP contribution in [-0.2, 0) is 4.79 Å². The van der Waals surface area contributed by atoms with Crippen LogP contribution < -0.4 is 25.1 Å². The standard InChI is InChI=1S/C19H22N2O5/c1-12-7-13(2)9-15(8-12)26-11-18(22)20-21-19(23)14-5-6-16(24-3)17(10-14)25-4/h5-10H,11H2,1-4H3,(H,20,22)(H,21,23). The number of aryl methyl sites for hydroxylation is 2. The maximum Gasteiger partial charge on any atom is 0.276 e. The largest absolute Gasteiger partial charge is 0.493 e. The van der Waals surface area contributed by atoms with E-state index in [0.29, 0.717) is 22.8 Å². The van der Waals surface area contributed by atoms with Crippen LogP contribution in [-0.4, -0.2) is 32.6 Å². The maximum absolute atomic E-state index is 12.1. The molecule has 2 N–H and O–H groups in total. The fraction of sp³-hybridized carbons (Fsp3) is 0.263. The molecule has 26 heavy (non-hydrogen) atoms. The maximum atomic E-state index is 12.1. The molecule has 2 rings (SSSR count). The van der Waals surface area contributed by atoms with E-state index in [1.54, 1.807) is 12.1 Å². The SMILES string of the molecule is COc1ccc(C(=O)NNC(=O)COc2cc(C)cc(C)c2)cc1OC. The van der Waals surface area contributed by atoms with Gasteiger partial charge in [-0.2, -0.15) is 0 Å². The first-order chi connectivity index (χ1) is 12.4. The van der Waals surface area contributed by atoms with Crippen molar-refractivity contribution in [3.8, 4) is 17.2 Å². The molecule has 0 aliphatic carbocycles. The molecule has 0 fully saturated rings. The van der Waals surface area contributed by atoms with Gasteiger partial charge in [0.05, 0.1) is 14.2 Å². The van der Waals surface area contributed by atoms with E-state index in [2.05, 4.69) is 10.9 Å². The molecule has 7 heteroatoms. The molecule has 0 bridgehead atoms. The predicted molar refractivity (Wildman–Crippen MR) is 96.6 cm³/mol. The van der Waals surface area contributed by atoms with Gasteiger partial charge in [0.15, 0.2) is 18.1 Å². The summed E-state index contributed by atoms with van der Waals surface area (Å²) < 4.78 is 15.7. The quantitative estimate of drug-likeness (QED) is 0.773. The summed E-state index contributed by atoms with van der Waals surface area (Å²) in [7, 11) is 2.99. The van der Waals surface area contributed by atoms with Crippen LogP contribution in [0.15, 0.2) is 36.4 Å². The molecular weight excluding hydrogens is 336 g/mol. The highest BCUT2D eigenvalue weighted by atomic mass is 16.5. The first-order valence-electron chi connectivity index (χ1n) is 7.95. The lowest BCUT2D eigenvalue weighted by Crippen LogP contribution is -2.43. The van der Waals surface area contributed by atoms with Crippen LogP contribution >= 0.6 is 0 Å². The fourth-order valence-corrected chi connectivity index (χ4v) is 2.38. The Balaban J connectivity index is 1.87. The highest BCUT2D eigenvalue weighted by Gasteiger charge is 2.12. The Hall–Kier alpha value is -3.22. The van der Waals surface area contributed by atoms with Crippen LogP contribution in [0, 0.1) is 13.8 Å². The Kier molecular flexibility index (Phi) is 6.43. The number of amides is 2. The summed E-state index contributed by atoms with van der Waals surface area (Å²) in [6.45, 7) is 3.68. The number of hydrazine groups is 1. The predicted octanol–water partition coefficient (Wildman–Crippen LogP) is 2.16. The summed E-state index contributed by atoms with van der Waals surface area (Å²) in [6.07, 6.45) is 0.